The zero-order chi connectivity index (χ0) is 12.6. The summed E-state index contributed by atoms with van der Waals surface area (Å²) in [6, 6.07) is 8.41. The van der Waals surface area contributed by atoms with E-state index in [9.17, 15) is 0 Å². The van der Waals surface area contributed by atoms with Crippen molar-refractivity contribution in [1.29, 1.82) is 0 Å². The zero-order valence-electron chi connectivity index (χ0n) is 11.3. The molecule has 0 spiro atoms. The lowest BCUT2D eigenvalue weighted by atomic mass is 9.90. The van der Waals surface area contributed by atoms with Crippen LogP contribution in [0.25, 0.3) is 5.69 Å². The summed E-state index contributed by atoms with van der Waals surface area (Å²) in [5.41, 5.74) is 4.90. The highest BCUT2D eigenvalue weighted by Gasteiger charge is 2.20. The molecule has 17 heavy (non-hydrogen) atoms. The lowest BCUT2D eigenvalue weighted by Gasteiger charge is -2.16. The Labute approximate surface area is 103 Å². The predicted octanol–water partition coefficient (Wildman–Crippen LogP) is 3.79. The van der Waals surface area contributed by atoms with Crippen molar-refractivity contribution < 1.29 is 0 Å². The number of aryl methyl sites for hydroxylation is 2. The lowest BCUT2D eigenvalue weighted by molar-refractivity contribution is 0.557. The molecule has 2 rings (SSSR count). The molecule has 90 valence electrons. The Morgan fingerprint density at radius 2 is 1.82 bits per heavy atom. The molecule has 0 aliphatic carbocycles. The van der Waals surface area contributed by atoms with Gasteiger partial charge in [0.1, 0.15) is 0 Å². The van der Waals surface area contributed by atoms with Crippen LogP contribution in [-0.4, -0.2) is 9.78 Å². The molecule has 2 aromatic rings. The second kappa shape index (κ2) is 4.02. The maximum Gasteiger partial charge on any atom is 0.0711 e. The van der Waals surface area contributed by atoms with E-state index in [2.05, 4.69) is 65.1 Å². The van der Waals surface area contributed by atoms with Crippen LogP contribution in [0, 0.1) is 13.8 Å². The monoisotopic (exact) mass is 228 g/mol. The van der Waals surface area contributed by atoms with Gasteiger partial charge in [-0.2, -0.15) is 5.10 Å². The smallest absolute Gasteiger partial charge is 0.0711 e. The molecule has 1 aromatic carbocycles. The van der Waals surface area contributed by atoms with Crippen molar-refractivity contribution in [2.75, 3.05) is 0 Å². The van der Waals surface area contributed by atoms with Crippen LogP contribution in [0.1, 0.15) is 37.6 Å². The van der Waals surface area contributed by atoms with Gasteiger partial charge in [-0.25, -0.2) is 4.68 Å². The quantitative estimate of drug-likeness (QED) is 0.726. The normalized spacial score (nSPS) is 11.8. The van der Waals surface area contributed by atoms with Gasteiger partial charge in [-0.15, -0.1) is 0 Å². The molecule has 0 atom stereocenters. The van der Waals surface area contributed by atoms with Gasteiger partial charge in [-0.05, 0) is 37.1 Å². The molecule has 0 N–H and O–H groups in total. The molecular weight excluding hydrogens is 208 g/mol. The highest BCUT2D eigenvalue weighted by atomic mass is 15.3. The maximum absolute atomic E-state index is 4.71. The van der Waals surface area contributed by atoms with E-state index in [-0.39, 0.29) is 5.41 Å². The number of aromatic nitrogens is 2. The van der Waals surface area contributed by atoms with E-state index in [1.165, 1.54) is 16.8 Å². The number of benzene rings is 1. The summed E-state index contributed by atoms with van der Waals surface area (Å²) in [4.78, 5) is 0. The number of rotatable bonds is 1. The summed E-state index contributed by atoms with van der Waals surface area (Å²) >= 11 is 0. The van der Waals surface area contributed by atoms with E-state index in [1.807, 2.05) is 4.68 Å². The number of hydrogen-bond acceptors (Lipinski definition) is 1. The van der Waals surface area contributed by atoms with Gasteiger partial charge in [0.2, 0.25) is 0 Å². The minimum absolute atomic E-state index is 0.0964. The largest absolute Gasteiger partial charge is 0.240 e. The fourth-order valence-electron chi connectivity index (χ4n) is 2.10. The van der Waals surface area contributed by atoms with Crippen LogP contribution >= 0.6 is 0 Å². The SMILES string of the molecule is Cc1cccc(-n2cc(C)c(C(C)(C)C)n2)c1. The third-order valence-electron chi connectivity index (χ3n) is 2.87. The average Bonchev–Trinajstić information content (AvgIpc) is 2.60. The summed E-state index contributed by atoms with van der Waals surface area (Å²) in [7, 11) is 0. The van der Waals surface area contributed by atoms with Gasteiger partial charge in [0, 0.05) is 11.6 Å². The summed E-state index contributed by atoms with van der Waals surface area (Å²) < 4.78 is 1.98. The van der Waals surface area contributed by atoms with Gasteiger partial charge in [-0.3, -0.25) is 0 Å². The molecule has 0 saturated heterocycles. The minimum atomic E-state index is 0.0964. The molecule has 2 nitrogen and oxygen atoms in total. The second-order valence-electron chi connectivity index (χ2n) is 5.69. The van der Waals surface area contributed by atoms with E-state index < -0.39 is 0 Å². The molecule has 0 unspecified atom stereocenters. The third kappa shape index (κ3) is 2.41. The molecule has 0 amide bonds. The molecule has 0 saturated carbocycles. The first-order chi connectivity index (χ1) is 7.88. The van der Waals surface area contributed by atoms with Crippen LogP contribution in [0.15, 0.2) is 30.5 Å². The van der Waals surface area contributed by atoms with Gasteiger partial charge in [0.25, 0.3) is 0 Å². The summed E-state index contributed by atoms with van der Waals surface area (Å²) in [6.45, 7) is 10.8. The average molecular weight is 228 g/mol. The van der Waals surface area contributed by atoms with E-state index in [0.717, 1.165) is 5.69 Å². The standard InChI is InChI=1S/C15H20N2/c1-11-7-6-8-13(9-11)17-10-12(2)14(16-17)15(3,4)5/h6-10H,1-5H3. The summed E-state index contributed by atoms with van der Waals surface area (Å²) in [5.74, 6) is 0. The Kier molecular flexibility index (Phi) is 2.82. The Bertz CT molecular complexity index is 530. The van der Waals surface area contributed by atoms with Crippen molar-refractivity contribution >= 4 is 0 Å². The number of nitrogens with zero attached hydrogens (tertiary/aromatic N) is 2. The molecule has 0 bridgehead atoms. The Hall–Kier alpha value is -1.57. The van der Waals surface area contributed by atoms with Crippen LogP contribution < -0.4 is 0 Å². The Balaban J connectivity index is 2.49. The zero-order valence-corrected chi connectivity index (χ0v) is 11.3. The summed E-state index contributed by atoms with van der Waals surface area (Å²) in [5, 5.41) is 4.71. The van der Waals surface area contributed by atoms with Crippen LogP contribution in [-0.2, 0) is 5.41 Å². The van der Waals surface area contributed by atoms with Crippen molar-refractivity contribution in [2.24, 2.45) is 0 Å². The van der Waals surface area contributed by atoms with E-state index in [4.69, 9.17) is 5.10 Å². The number of hydrogen-bond donors (Lipinski definition) is 0. The first-order valence-electron chi connectivity index (χ1n) is 6.02. The van der Waals surface area contributed by atoms with Crippen molar-refractivity contribution in [3.8, 4) is 5.69 Å². The fraction of sp³-hybridized carbons (Fsp3) is 0.400. The van der Waals surface area contributed by atoms with Crippen LogP contribution in [0.3, 0.4) is 0 Å². The van der Waals surface area contributed by atoms with Gasteiger partial charge in [0.05, 0.1) is 11.4 Å². The lowest BCUT2D eigenvalue weighted by Crippen LogP contribution is -2.14. The van der Waals surface area contributed by atoms with Crippen molar-refractivity contribution in [3.63, 3.8) is 0 Å². The molecule has 0 radical (unpaired) electrons. The maximum atomic E-state index is 4.71. The predicted molar refractivity (Wildman–Crippen MR) is 71.7 cm³/mol. The highest BCUT2D eigenvalue weighted by molar-refractivity contribution is 5.36. The van der Waals surface area contributed by atoms with Gasteiger partial charge < -0.3 is 0 Å². The highest BCUT2D eigenvalue weighted by Crippen LogP contribution is 2.24. The Morgan fingerprint density at radius 3 is 2.35 bits per heavy atom. The molecule has 0 aliphatic rings. The van der Waals surface area contributed by atoms with E-state index in [0.29, 0.717) is 0 Å². The van der Waals surface area contributed by atoms with Crippen LogP contribution in [0.5, 0.6) is 0 Å². The molecule has 1 aromatic heterocycles. The third-order valence-corrected chi connectivity index (χ3v) is 2.87. The summed E-state index contributed by atoms with van der Waals surface area (Å²) in [6.07, 6.45) is 2.11. The Morgan fingerprint density at radius 1 is 1.12 bits per heavy atom. The molecule has 1 heterocycles. The topological polar surface area (TPSA) is 17.8 Å². The minimum Gasteiger partial charge on any atom is -0.240 e. The van der Waals surface area contributed by atoms with E-state index >= 15 is 0 Å². The van der Waals surface area contributed by atoms with E-state index in [1.54, 1.807) is 0 Å². The second-order valence-corrected chi connectivity index (χ2v) is 5.69. The molecule has 0 fully saturated rings. The molecule has 0 aliphatic heterocycles. The van der Waals surface area contributed by atoms with Crippen LogP contribution in [0.2, 0.25) is 0 Å². The van der Waals surface area contributed by atoms with Gasteiger partial charge in [-0.1, -0.05) is 32.9 Å². The first-order valence-corrected chi connectivity index (χ1v) is 6.02. The first kappa shape index (κ1) is 11.9. The van der Waals surface area contributed by atoms with Gasteiger partial charge in [0.15, 0.2) is 0 Å². The van der Waals surface area contributed by atoms with Crippen molar-refractivity contribution in [3.05, 3.63) is 47.3 Å². The van der Waals surface area contributed by atoms with Crippen LogP contribution in [0.4, 0.5) is 0 Å². The van der Waals surface area contributed by atoms with Gasteiger partial charge >= 0.3 is 0 Å². The fourth-order valence-corrected chi connectivity index (χ4v) is 2.10. The molecular formula is C15H20N2. The van der Waals surface area contributed by atoms with Crippen molar-refractivity contribution in [1.82, 2.24) is 9.78 Å². The molecule has 2 heteroatoms. The van der Waals surface area contributed by atoms with Crippen molar-refractivity contribution in [2.45, 2.75) is 40.0 Å².